The topological polar surface area (TPSA) is 142 Å². The Bertz CT molecular complexity index is 583. The van der Waals surface area contributed by atoms with E-state index < -0.39 is 35.9 Å². The fraction of sp³-hybridized carbons (Fsp3) is 0.789. The molecule has 5 atom stereocenters. The van der Waals surface area contributed by atoms with Gasteiger partial charge < -0.3 is 26.4 Å². The predicted molar refractivity (Wildman–Crippen MR) is 104 cm³/mol. The van der Waals surface area contributed by atoms with Gasteiger partial charge in [0.2, 0.25) is 17.7 Å². The van der Waals surface area contributed by atoms with E-state index >= 15 is 0 Å². The van der Waals surface area contributed by atoms with Crippen LogP contribution in [0.5, 0.6) is 0 Å². The molecule has 9 nitrogen and oxygen atoms in total. The summed E-state index contributed by atoms with van der Waals surface area (Å²) in [6, 6.07) is -2.50. The Morgan fingerprint density at radius 1 is 1.07 bits per heavy atom. The highest BCUT2D eigenvalue weighted by atomic mass is 16.4. The number of likely N-dealkylation sites (tertiary alicyclic amines) is 1. The van der Waals surface area contributed by atoms with Crippen molar-refractivity contribution in [2.75, 3.05) is 13.1 Å². The minimum absolute atomic E-state index is 0.126. The predicted octanol–water partition coefficient (Wildman–Crippen LogP) is 0.0825. The molecule has 0 aromatic heterocycles. The molecule has 0 saturated carbocycles. The molecule has 1 saturated heterocycles. The first-order chi connectivity index (χ1) is 13.2. The molecule has 5 unspecified atom stereocenters. The van der Waals surface area contributed by atoms with E-state index in [1.807, 2.05) is 20.8 Å². The van der Waals surface area contributed by atoms with E-state index in [-0.39, 0.29) is 24.3 Å². The summed E-state index contributed by atoms with van der Waals surface area (Å²) in [5.41, 5.74) is 5.36. The summed E-state index contributed by atoms with van der Waals surface area (Å²) < 4.78 is 0. The first-order valence-electron chi connectivity index (χ1n) is 10.0. The zero-order valence-corrected chi connectivity index (χ0v) is 17.2. The van der Waals surface area contributed by atoms with E-state index in [1.165, 1.54) is 4.90 Å². The third-order valence-electron chi connectivity index (χ3n) is 5.60. The van der Waals surface area contributed by atoms with Gasteiger partial charge >= 0.3 is 5.97 Å². The summed E-state index contributed by atoms with van der Waals surface area (Å²) in [7, 11) is 0. The van der Waals surface area contributed by atoms with Gasteiger partial charge in [0.05, 0.1) is 6.54 Å². The fourth-order valence-electron chi connectivity index (χ4n) is 3.33. The number of nitrogens with two attached hydrogens (primary N) is 1. The van der Waals surface area contributed by atoms with E-state index in [9.17, 15) is 24.3 Å². The van der Waals surface area contributed by atoms with Crippen molar-refractivity contribution < 1.29 is 24.3 Å². The number of carboxylic acid groups (broad SMARTS) is 1. The summed E-state index contributed by atoms with van der Waals surface area (Å²) in [5.74, 6) is -2.67. The minimum Gasteiger partial charge on any atom is -0.480 e. The standard InChI is InChI=1S/C19H34N4O5/c1-5-11(3)15(21-14(24)10-20)18(26)23-9-7-8-13(23)17(25)22-16(19(27)28)12(4)6-2/h11-13,15-16H,5-10,20H2,1-4H3,(H,21,24)(H,22,25)(H,27,28). The number of amides is 3. The van der Waals surface area contributed by atoms with Gasteiger partial charge in [0, 0.05) is 6.54 Å². The fourth-order valence-corrected chi connectivity index (χ4v) is 3.33. The Labute approximate surface area is 166 Å². The highest BCUT2D eigenvalue weighted by Crippen LogP contribution is 2.22. The van der Waals surface area contributed by atoms with Crippen LogP contribution >= 0.6 is 0 Å². The van der Waals surface area contributed by atoms with Crippen molar-refractivity contribution in [3.05, 3.63) is 0 Å². The summed E-state index contributed by atoms with van der Waals surface area (Å²) in [6.45, 7) is 7.56. The smallest absolute Gasteiger partial charge is 0.326 e. The van der Waals surface area contributed by atoms with Crippen LogP contribution in [0.3, 0.4) is 0 Å². The first-order valence-corrected chi connectivity index (χ1v) is 10.0. The van der Waals surface area contributed by atoms with E-state index in [0.29, 0.717) is 32.2 Å². The second-order valence-corrected chi connectivity index (χ2v) is 7.53. The van der Waals surface area contributed by atoms with Crippen molar-refractivity contribution >= 4 is 23.7 Å². The summed E-state index contributed by atoms with van der Waals surface area (Å²) >= 11 is 0. The highest BCUT2D eigenvalue weighted by molar-refractivity contribution is 5.94. The molecule has 5 N–H and O–H groups in total. The lowest BCUT2D eigenvalue weighted by Crippen LogP contribution is -2.57. The number of hydrogen-bond donors (Lipinski definition) is 4. The molecule has 1 rings (SSSR count). The average Bonchev–Trinajstić information content (AvgIpc) is 3.17. The zero-order chi connectivity index (χ0) is 21.4. The highest BCUT2D eigenvalue weighted by Gasteiger charge is 2.40. The molecule has 0 aromatic carbocycles. The van der Waals surface area contributed by atoms with Crippen molar-refractivity contribution in [3.63, 3.8) is 0 Å². The normalized spacial score (nSPS) is 20.8. The third-order valence-corrected chi connectivity index (χ3v) is 5.60. The molecule has 1 aliphatic heterocycles. The maximum atomic E-state index is 13.1. The van der Waals surface area contributed by atoms with Gasteiger partial charge in [0.1, 0.15) is 18.1 Å². The molecule has 28 heavy (non-hydrogen) atoms. The van der Waals surface area contributed by atoms with Crippen LogP contribution in [0.25, 0.3) is 0 Å². The van der Waals surface area contributed by atoms with Gasteiger partial charge in [-0.1, -0.05) is 40.5 Å². The van der Waals surface area contributed by atoms with Crippen molar-refractivity contribution in [2.45, 2.75) is 71.5 Å². The van der Waals surface area contributed by atoms with Gasteiger partial charge in [-0.15, -0.1) is 0 Å². The van der Waals surface area contributed by atoms with Crippen molar-refractivity contribution in [2.24, 2.45) is 17.6 Å². The molecule has 0 radical (unpaired) electrons. The monoisotopic (exact) mass is 398 g/mol. The van der Waals surface area contributed by atoms with Crippen LogP contribution < -0.4 is 16.4 Å². The molecular weight excluding hydrogens is 364 g/mol. The van der Waals surface area contributed by atoms with Gasteiger partial charge in [-0.2, -0.15) is 0 Å². The summed E-state index contributed by atoms with van der Waals surface area (Å²) in [4.78, 5) is 50.6. The van der Waals surface area contributed by atoms with Crippen LogP contribution in [0, 0.1) is 11.8 Å². The van der Waals surface area contributed by atoms with Gasteiger partial charge in [0.15, 0.2) is 0 Å². The molecule has 9 heteroatoms. The molecule has 0 aromatic rings. The number of carbonyl (C=O) groups is 4. The molecule has 0 bridgehead atoms. The van der Waals surface area contributed by atoms with Gasteiger partial charge in [0.25, 0.3) is 0 Å². The van der Waals surface area contributed by atoms with Crippen molar-refractivity contribution in [1.29, 1.82) is 0 Å². The SMILES string of the molecule is CCC(C)C(NC(=O)C1CCCN1C(=O)C(NC(=O)CN)C(C)CC)C(=O)O. The second kappa shape index (κ2) is 11.0. The Kier molecular flexibility index (Phi) is 9.37. The number of hydrogen-bond acceptors (Lipinski definition) is 5. The first kappa shape index (κ1) is 23.9. The lowest BCUT2D eigenvalue weighted by atomic mass is 9.97. The van der Waals surface area contributed by atoms with Crippen molar-refractivity contribution in [1.82, 2.24) is 15.5 Å². The molecule has 1 aliphatic rings. The van der Waals surface area contributed by atoms with Gasteiger partial charge in [-0.25, -0.2) is 4.79 Å². The number of nitrogens with one attached hydrogen (secondary N) is 2. The molecule has 3 amide bonds. The average molecular weight is 399 g/mol. The molecule has 1 heterocycles. The van der Waals surface area contributed by atoms with E-state index in [4.69, 9.17) is 5.73 Å². The van der Waals surface area contributed by atoms with Crippen LogP contribution in [0.1, 0.15) is 53.4 Å². The van der Waals surface area contributed by atoms with Crippen LogP contribution in [-0.2, 0) is 19.2 Å². The number of nitrogens with zero attached hydrogens (tertiary/aromatic N) is 1. The number of aliphatic carboxylic acids is 1. The maximum Gasteiger partial charge on any atom is 0.326 e. The molecule has 160 valence electrons. The Morgan fingerprint density at radius 3 is 2.14 bits per heavy atom. The lowest BCUT2D eigenvalue weighted by Gasteiger charge is -2.32. The molecular formula is C19H34N4O5. The summed E-state index contributed by atoms with van der Waals surface area (Å²) in [5, 5.41) is 14.7. The van der Waals surface area contributed by atoms with Gasteiger partial charge in [-0.3, -0.25) is 14.4 Å². The lowest BCUT2D eigenvalue weighted by molar-refractivity contribution is -0.146. The Hall–Kier alpha value is -2.16. The van der Waals surface area contributed by atoms with Crippen LogP contribution in [0.4, 0.5) is 0 Å². The molecule has 0 aliphatic carbocycles. The second-order valence-electron chi connectivity index (χ2n) is 7.53. The molecule has 1 fully saturated rings. The number of carbonyl (C=O) groups excluding carboxylic acids is 3. The molecule has 0 spiro atoms. The number of rotatable bonds is 10. The minimum atomic E-state index is -1.09. The van der Waals surface area contributed by atoms with Crippen LogP contribution in [0.2, 0.25) is 0 Å². The Morgan fingerprint density at radius 2 is 1.64 bits per heavy atom. The van der Waals surface area contributed by atoms with Gasteiger partial charge in [-0.05, 0) is 24.7 Å². The van der Waals surface area contributed by atoms with Crippen molar-refractivity contribution in [3.8, 4) is 0 Å². The van der Waals surface area contributed by atoms with E-state index in [0.717, 1.165) is 0 Å². The van der Waals surface area contributed by atoms with Crippen LogP contribution in [-0.4, -0.2) is 64.9 Å². The van der Waals surface area contributed by atoms with Crippen LogP contribution in [0.15, 0.2) is 0 Å². The number of carboxylic acids is 1. The Balaban J connectivity index is 2.96. The summed E-state index contributed by atoms with van der Waals surface area (Å²) in [6.07, 6.45) is 2.37. The van der Waals surface area contributed by atoms with E-state index in [2.05, 4.69) is 10.6 Å². The maximum absolute atomic E-state index is 13.1. The zero-order valence-electron chi connectivity index (χ0n) is 17.2. The largest absolute Gasteiger partial charge is 0.480 e. The van der Waals surface area contributed by atoms with E-state index in [1.54, 1.807) is 6.92 Å². The third kappa shape index (κ3) is 5.92. The quantitative estimate of drug-likeness (QED) is 0.411.